The number of carboxylic acid groups (broad SMARTS) is 1. The van der Waals surface area contributed by atoms with Crippen LogP contribution >= 0.6 is 0 Å². The van der Waals surface area contributed by atoms with E-state index in [0.29, 0.717) is 24.6 Å². The summed E-state index contributed by atoms with van der Waals surface area (Å²) in [5.74, 6) is -0.414. The highest BCUT2D eigenvalue weighted by atomic mass is 16.5. The number of benzene rings is 1. The first kappa shape index (κ1) is 16.3. The minimum Gasteiger partial charge on any atom is -0.484 e. The van der Waals surface area contributed by atoms with Gasteiger partial charge in [0.15, 0.2) is 6.61 Å². The molecule has 5 nitrogen and oxygen atoms in total. The van der Waals surface area contributed by atoms with Crippen molar-refractivity contribution in [1.29, 1.82) is 0 Å². The monoisotopic (exact) mass is 305 g/mol. The maximum absolute atomic E-state index is 12.2. The molecule has 1 aliphatic rings. The van der Waals surface area contributed by atoms with Crippen molar-refractivity contribution in [2.45, 2.75) is 39.2 Å². The summed E-state index contributed by atoms with van der Waals surface area (Å²) in [4.78, 5) is 24.9. The Morgan fingerprint density at radius 2 is 2.14 bits per heavy atom. The molecule has 0 aromatic heterocycles. The molecule has 2 rings (SSSR count). The number of carbonyl (C=O) groups excluding carboxylic acids is 1. The minimum absolute atomic E-state index is 0.0573. The van der Waals surface area contributed by atoms with Crippen LogP contribution in [0.15, 0.2) is 24.3 Å². The maximum atomic E-state index is 12.2. The third kappa shape index (κ3) is 3.59. The topological polar surface area (TPSA) is 66.8 Å². The van der Waals surface area contributed by atoms with E-state index in [1.54, 1.807) is 11.8 Å². The number of hydrogen-bond donors (Lipinski definition) is 1. The van der Waals surface area contributed by atoms with Crippen LogP contribution in [0, 0.1) is 5.92 Å². The highest BCUT2D eigenvalue weighted by molar-refractivity contribution is 5.80. The van der Waals surface area contributed by atoms with E-state index in [-0.39, 0.29) is 18.6 Å². The Kier molecular flexibility index (Phi) is 5.06. The first-order chi connectivity index (χ1) is 10.4. The Balaban J connectivity index is 1.93. The van der Waals surface area contributed by atoms with Crippen molar-refractivity contribution in [2.24, 2.45) is 5.92 Å². The largest absolute Gasteiger partial charge is 0.484 e. The Morgan fingerprint density at radius 1 is 1.41 bits per heavy atom. The second-order valence-corrected chi connectivity index (χ2v) is 6.08. The molecule has 1 aromatic rings. The number of ether oxygens (including phenoxy) is 1. The zero-order valence-electron chi connectivity index (χ0n) is 13.3. The summed E-state index contributed by atoms with van der Waals surface area (Å²) in [5, 5.41) is 9.10. The summed E-state index contributed by atoms with van der Waals surface area (Å²) >= 11 is 0. The van der Waals surface area contributed by atoms with Crippen molar-refractivity contribution in [2.75, 3.05) is 13.2 Å². The second kappa shape index (κ2) is 6.81. The average Bonchev–Trinajstić information content (AvgIpc) is 2.87. The number of aliphatic carboxylic acids is 1. The van der Waals surface area contributed by atoms with Gasteiger partial charge >= 0.3 is 5.97 Å². The fourth-order valence-corrected chi connectivity index (χ4v) is 2.81. The standard InChI is InChI=1S/C17H23NO4/c1-11(2)13-5-4-6-14(9-13)22-10-16(19)18-8-7-15(12(18)3)17(20)21/h4-6,9,11-12,15H,7-8,10H2,1-3H3,(H,20,21). The molecule has 1 aromatic carbocycles. The Hall–Kier alpha value is -2.04. The van der Waals surface area contributed by atoms with Gasteiger partial charge in [0, 0.05) is 12.6 Å². The molecule has 1 fully saturated rings. The van der Waals surface area contributed by atoms with Crippen LogP contribution in [0.3, 0.4) is 0 Å². The number of nitrogens with zero attached hydrogens (tertiary/aromatic N) is 1. The molecule has 1 saturated heterocycles. The molecule has 1 N–H and O–H groups in total. The maximum Gasteiger partial charge on any atom is 0.308 e. The molecular formula is C17H23NO4. The van der Waals surface area contributed by atoms with Gasteiger partial charge in [0.2, 0.25) is 0 Å². The highest BCUT2D eigenvalue weighted by Crippen LogP contribution is 2.25. The molecule has 1 amide bonds. The molecule has 0 saturated carbocycles. The van der Waals surface area contributed by atoms with Crippen LogP contribution in [0.2, 0.25) is 0 Å². The van der Waals surface area contributed by atoms with Gasteiger partial charge < -0.3 is 14.7 Å². The number of rotatable bonds is 5. The van der Waals surface area contributed by atoms with Crippen LogP contribution in [0.5, 0.6) is 5.75 Å². The lowest BCUT2D eigenvalue weighted by Crippen LogP contribution is -2.40. The molecule has 0 spiro atoms. The number of amides is 1. The van der Waals surface area contributed by atoms with Crippen LogP contribution in [0.25, 0.3) is 0 Å². The predicted molar refractivity (Wildman–Crippen MR) is 82.9 cm³/mol. The molecule has 5 heteroatoms. The third-order valence-corrected chi connectivity index (χ3v) is 4.28. The first-order valence-corrected chi connectivity index (χ1v) is 7.65. The summed E-state index contributed by atoms with van der Waals surface area (Å²) in [7, 11) is 0. The van der Waals surface area contributed by atoms with Crippen molar-refractivity contribution in [3.05, 3.63) is 29.8 Å². The summed E-state index contributed by atoms with van der Waals surface area (Å²) < 4.78 is 5.58. The van der Waals surface area contributed by atoms with Gasteiger partial charge in [-0.1, -0.05) is 26.0 Å². The van der Waals surface area contributed by atoms with Crippen molar-refractivity contribution in [3.63, 3.8) is 0 Å². The fraction of sp³-hybridized carbons (Fsp3) is 0.529. The quantitative estimate of drug-likeness (QED) is 0.907. The van der Waals surface area contributed by atoms with E-state index < -0.39 is 11.9 Å². The van der Waals surface area contributed by atoms with Gasteiger partial charge in [0.25, 0.3) is 5.91 Å². The van der Waals surface area contributed by atoms with E-state index in [1.165, 1.54) is 0 Å². The van der Waals surface area contributed by atoms with Gasteiger partial charge in [-0.3, -0.25) is 9.59 Å². The molecule has 1 heterocycles. The molecule has 0 bridgehead atoms. The molecule has 120 valence electrons. The number of carbonyl (C=O) groups is 2. The summed E-state index contributed by atoms with van der Waals surface area (Å²) in [6.45, 7) is 6.40. The Bertz CT molecular complexity index is 555. The second-order valence-electron chi connectivity index (χ2n) is 6.08. The van der Waals surface area contributed by atoms with E-state index in [4.69, 9.17) is 9.84 Å². The van der Waals surface area contributed by atoms with Crippen LogP contribution in [0.4, 0.5) is 0 Å². The lowest BCUT2D eigenvalue weighted by Gasteiger charge is -2.23. The number of carboxylic acids is 1. The zero-order valence-corrected chi connectivity index (χ0v) is 13.3. The molecule has 0 aliphatic carbocycles. The Morgan fingerprint density at radius 3 is 2.73 bits per heavy atom. The molecule has 1 aliphatic heterocycles. The van der Waals surface area contributed by atoms with Gasteiger partial charge in [0.05, 0.1) is 5.92 Å². The van der Waals surface area contributed by atoms with Crippen LogP contribution in [0.1, 0.15) is 38.7 Å². The van der Waals surface area contributed by atoms with Crippen LogP contribution in [-0.2, 0) is 9.59 Å². The van der Waals surface area contributed by atoms with Crippen LogP contribution in [-0.4, -0.2) is 41.1 Å². The molecule has 2 atom stereocenters. The van der Waals surface area contributed by atoms with E-state index in [0.717, 1.165) is 5.56 Å². The SMILES string of the molecule is CC(C)c1cccc(OCC(=O)N2CCC(C(=O)O)C2C)c1. The average molecular weight is 305 g/mol. The summed E-state index contributed by atoms with van der Waals surface area (Å²) in [6.07, 6.45) is 0.505. The third-order valence-electron chi connectivity index (χ3n) is 4.28. The summed E-state index contributed by atoms with van der Waals surface area (Å²) in [5.41, 5.74) is 1.16. The smallest absolute Gasteiger partial charge is 0.308 e. The van der Waals surface area contributed by atoms with Gasteiger partial charge in [-0.15, -0.1) is 0 Å². The normalized spacial score (nSPS) is 21.2. The van der Waals surface area contributed by atoms with Crippen molar-refractivity contribution in [1.82, 2.24) is 4.90 Å². The number of hydrogen-bond acceptors (Lipinski definition) is 3. The first-order valence-electron chi connectivity index (χ1n) is 7.65. The van der Waals surface area contributed by atoms with Crippen LogP contribution < -0.4 is 4.74 Å². The zero-order chi connectivity index (χ0) is 16.3. The van der Waals surface area contributed by atoms with Crippen molar-refractivity contribution in [3.8, 4) is 5.75 Å². The lowest BCUT2D eigenvalue weighted by atomic mass is 10.0. The van der Waals surface area contributed by atoms with Gasteiger partial charge in [-0.05, 0) is 37.0 Å². The van der Waals surface area contributed by atoms with Gasteiger partial charge in [-0.25, -0.2) is 0 Å². The lowest BCUT2D eigenvalue weighted by molar-refractivity contribution is -0.143. The number of likely N-dealkylation sites (tertiary alicyclic amines) is 1. The van der Waals surface area contributed by atoms with E-state index in [9.17, 15) is 9.59 Å². The van der Waals surface area contributed by atoms with Crippen molar-refractivity contribution >= 4 is 11.9 Å². The van der Waals surface area contributed by atoms with Crippen molar-refractivity contribution < 1.29 is 19.4 Å². The van der Waals surface area contributed by atoms with E-state index >= 15 is 0 Å². The summed E-state index contributed by atoms with van der Waals surface area (Å²) in [6, 6.07) is 7.42. The minimum atomic E-state index is -0.839. The Labute approximate surface area is 130 Å². The fourth-order valence-electron chi connectivity index (χ4n) is 2.81. The van der Waals surface area contributed by atoms with E-state index in [2.05, 4.69) is 13.8 Å². The van der Waals surface area contributed by atoms with E-state index in [1.807, 2.05) is 24.3 Å². The molecule has 22 heavy (non-hydrogen) atoms. The molecular weight excluding hydrogens is 282 g/mol. The molecule has 2 unspecified atom stereocenters. The molecule has 0 radical (unpaired) electrons. The van der Waals surface area contributed by atoms with Gasteiger partial charge in [-0.2, -0.15) is 0 Å². The highest BCUT2D eigenvalue weighted by Gasteiger charge is 2.38. The predicted octanol–water partition coefficient (Wildman–Crippen LogP) is 2.51. The van der Waals surface area contributed by atoms with Gasteiger partial charge in [0.1, 0.15) is 5.75 Å².